The van der Waals surface area contributed by atoms with Crippen molar-refractivity contribution < 1.29 is 14.3 Å². The van der Waals surface area contributed by atoms with Crippen molar-refractivity contribution in [2.45, 2.75) is 20.3 Å². The van der Waals surface area contributed by atoms with Crippen LogP contribution in [0, 0.1) is 29.6 Å². The molecule has 128 valence electrons. The van der Waals surface area contributed by atoms with E-state index in [1.54, 1.807) is 0 Å². The normalized spacial score (nSPS) is 33.3. The molecule has 5 heteroatoms. The molecule has 2 bridgehead atoms. The largest absolute Gasteiger partial charge is 0.379 e. The van der Waals surface area contributed by atoms with E-state index in [0.29, 0.717) is 6.54 Å². The van der Waals surface area contributed by atoms with Crippen LogP contribution in [-0.4, -0.2) is 56.0 Å². The second-order valence-corrected chi connectivity index (χ2v) is 7.30. The van der Waals surface area contributed by atoms with Gasteiger partial charge in [-0.25, -0.2) is 0 Å². The Bertz CT molecular complexity index is 483. The summed E-state index contributed by atoms with van der Waals surface area (Å²) in [5, 5.41) is 3.07. The minimum atomic E-state index is -0.162. The molecule has 0 aromatic heterocycles. The first-order valence-electron chi connectivity index (χ1n) is 8.88. The lowest BCUT2D eigenvalue weighted by Crippen LogP contribution is -2.45. The lowest BCUT2D eigenvalue weighted by molar-refractivity contribution is -0.135. The van der Waals surface area contributed by atoms with Crippen LogP contribution < -0.4 is 5.32 Å². The van der Waals surface area contributed by atoms with Crippen LogP contribution in [0.1, 0.15) is 20.3 Å². The summed E-state index contributed by atoms with van der Waals surface area (Å²) in [7, 11) is 0. The summed E-state index contributed by atoms with van der Waals surface area (Å²) in [6.45, 7) is 8.79. The Labute approximate surface area is 138 Å². The number of carbonyl (C=O) groups is 2. The van der Waals surface area contributed by atoms with Gasteiger partial charge in [0.05, 0.1) is 19.1 Å². The van der Waals surface area contributed by atoms with E-state index in [4.69, 9.17) is 4.74 Å². The van der Waals surface area contributed by atoms with Gasteiger partial charge in [-0.05, 0) is 18.3 Å². The maximum atomic E-state index is 12.7. The molecule has 1 amide bonds. The predicted octanol–water partition coefficient (Wildman–Crippen LogP) is 1.10. The lowest BCUT2D eigenvalue weighted by atomic mass is 9.77. The number of fused-ring (bicyclic) bond motifs is 2. The molecule has 1 aliphatic heterocycles. The van der Waals surface area contributed by atoms with Crippen molar-refractivity contribution in [2.24, 2.45) is 29.6 Å². The van der Waals surface area contributed by atoms with Gasteiger partial charge in [0.2, 0.25) is 5.91 Å². The van der Waals surface area contributed by atoms with Gasteiger partial charge in [-0.1, -0.05) is 26.0 Å². The van der Waals surface area contributed by atoms with Crippen LogP contribution in [0.25, 0.3) is 0 Å². The van der Waals surface area contributed by atoms with Crippen LogP contribution >= 0.6 is 0 Å². The summed E-state index contributed by atoms with van der Waals surface area (Å²) < 4.78 is 5.33. The molecule has 0 aromatic rings. The van der Waals surface area contributed by atoms with Crippen LogP contribution in [0.4, 0.5) is 0 Å². The number of hydrogen-bond acceptors (Lipinski definition) is 4. The summed E-state index contributed by atoms with van der Waals surface area (Å²) in [5.74, 6) is 0.541. The van der Waals surface area contributed by atoms with Crippen molar-refractivity contribution in [3.05, 3.63) is 12.2 Å². The first-order chi connectivity index (χ1) is 11.1. The lowest BCUT2D eigenvalue weighted by Gasteiger charge is -2.29. The van der Waals surface area contributed by atoms with Crippen molar-refractivity contribution in [2.75, 3.05) is 39.4 Å². The van der Waals surface area contributed by atoms with Gasteiger partial charge < -0.3 is 10.1 Å². The molecule has 2 fully saturated rings. The Kier molecular flexibility index (Phi) is 5.17. The van der Waals surface area contributed by atoms with Crippen molar-refractivity contribution in [3.8, 4) is 0 Å². The number of Topliss-reactive ketones (excluding diaryl/α,β-unsaturated/α-hetero) is 1. The molecular formula is C18H28N2O3. The SMILES string of the molecule is CC(C)C(=O)C1C2C=CC(C2)C1C(=O)NCCN1CCOCC1. The third kappa shape index (κ3) is 3.50. The molecule has 1 saturated carbocycles. The van der Waals surface area contributed by atoms with E-state index >= 15 is 0 Å². The maximum absolute atomic E-state index is 12.7. The van der Waals surface area contributed by atoms with E-state index < -0.39 is 0 Å². The average molecular weight is 320 g/mol. The van der Waals surface area contributed by atoms with E-state index in [0.717, 1.165) is 39.3 Å². The predicted molar refractivity (Wildman–Crippen MR) is 87.8 cm³/mol. The molecule has 3 aliphatic rings. The smallest absolute Gasteiger partial charge is 0.224 e. The quantitative estimate of drug-likeness (QED) is 0.745. The second kappa shape index (κ2) is 7.14. The molecule has 1 heterocycles. The summed E-state index contributed by atoms with van der Waals surface area (Å²) in [6.07, 6.45) is 5.25. The number of carbonyl (C=O) groups excluding carboxylic acids is 2. The molecule has 23 heavy (non-hydrogen) atoms. The fourth-order valence-corrected chi connectivity index (χ4v) is 4.23. The van der Waals surface area contributed by atoms with Crippen LogP contribution in [-0.2, 0) is 14.3 Å². The molecule has 3 rings (SSSR count). The van der Waals surface area contributed by atoms with Gasteiger partial charge in [0.25, 0.3) is 0 Å². The van der Waals surface area contributed by atoms with Crippen molar-refractivity contribution in [3.63, 3.8) is 0 Å². The third-order valence-corrected chi connectivity index (χ3v) is 5.49. The summed E-state index contributed by atoms with van der Waals surface area (Å²) in [6, 6.07) is 0. The van der Waals surface area contributed by atoms with Gasteiger partial charge in [-0.15, -0.1) is 0 Å². The summed E-state index contributed by atoms with van der Waals surface area (Å²) >= 11 is 0. The molecule has 0 aromatic carbocycles. The van der Waals surface area contributed by atoms with Crippen molar-refractivity contribution >= 4 is 11.7 Å². The number of amides is 1. The zero-order valence-electron chi connectivity index (χ0n) is 14.2. The average Bonchev–Trinajstić information content (AvgIpc) is 3.16. The zero-order chi connectivity index (χ0) is 16.4. The van der Waals surface area contributed by atoms with Gasteiger partial charge in [0, 0.05) is 38.0 Å². The molecule has 0 radical (unpaired) electrons. The molecule has 4 atom stereocenters. The van der Waals surface area contributed by atoms with Gasteiger partial charge in [0.15, 0.2) is 0 Å². The number of rotatable bonds is 6. The van der Waals surface area contributed by atoms with Crippen molar-refractivity contribution in [1.29, 1.82) is 0 Å². The number of morpholine rings is 1. The Hall–Kier alpha value is -1.20. The second-order valence-electron chi connectivity index (χ2n) is 7.30. The van der Waals surface area contributed by atoms with Crippen molar-refractivity contribution in [1.82, 2.24) is 10.2 Å². The number of allylic oxidation sites excluding steroid dienone is 2. The summed E-state index contributed by atoms with van der Waals surface area (Å²) in [4.78, 5) is 27.5. The van der Waals surface area contributed by atoms with Crippen LogP contribution in [0.2, 0.25) is 0 Å². The van der Waals surface area contributed by atoms with Gasteiger partial charge in [-0.2, -0.15) is 0 Å². The van der Waals surface area contributed by atoms with E-state index in [2.05, 4.69) is 22.4 Å². The van der Waals surface area contributed by atoms with E-state index in [9.17, 15) is 9.59 Å². The highest BCUT2D eigenvalue weighted by Crippen LogP contribution is 2.49. The molecular weight excluding hydrogens is 292 g/mol. The van der Waals surface area contributed by atoms with Gasteiger partial charge >= 0.3 is 0 Å². The molecule has 1 N–H and O–H groups in total. The Morgan fingerprint density at radius 2 is 1.83 bits per heavy atom. The zero-order valence-corrected chi connectivity index (χ0v) is 14.2. The Morgan fingerprint density at radius 3 is 2.48 bits per heavy atom. The topological polar surface area (TPSA) is 58.6 Å². The van der Waals surface area contributed by atoms with E-state index in [1.165, 1.54) is 0 Å². The number of nitrogens with one attached hydrogen (secondary N) is 1. The Morgan fingerprint density at radius 1 is 1.17 bits per heavy atom. The number of nitrogens with zero attached hydrogens (tertiary/aromatic N) is 1. The standard InChI is InChI=1S/C18H28N2O3/c1-12(2)17(21)15-13-3-4-14(11-13)16(15)18(22)19-5-6-20-7-9-23-10-8-20/h3-4,12-16H,5-11H2,1-2H3,(H,19,22). The van der Waals surface area contributed by atoms with Crippen LogP contribution in [0.3, 0.4) is 0 Å². The van der Waals surface area contributed by atoms with E-state index in [1.807, 2.05) is 13.8 Å². The fraction of sp³-hybridized carbons (Fsp3) is 0.778. The molecule has 0 spiro atoms. The summed E-state index contributed by atoms with van der Waals surface area (Å²) in [5.41, 5.74) is 0. The number of ether oxygens (including phenoxy) is 1. The fourth-order valence-electron chi connectivity index (χ4n) is 4.23. The highest BCUT2D eigenvalue weighted by molar-refractivity contribution is 5.91. The first-order valence-corrected chi connectivity index (χ1v) is 8.88. The molecule has 2 aliphatic carbocycles. The Balaban J connectivity index is 1.55. The minimum Gasteiger partial charge on any atom is -0.379 e. The van der Waals surface area contributed by atoms with Gasteiger partial charge in [0.1, 0.15) is 5.78 Å². The molecule has 4 unspecified atom stereocenters. The number of hydrogen-bond donors (Lipinski definition) is 1. The van der Waals surface area contributed by atoms with E-state index in [-0.39, 0.29) is 41.3 Å². The highest BCUT2D eigenvalue weighted by Gasteiger charge is 2.51. The third-order valence-electron chi connectivity index (χ3n) is 5.49. The first kappa shape index (κ1) is 16.7. The minimum absolute atomic E-state index is 0.00333. The highest BCUT2D eigenvalue weighted by atomic mass is 16.5. The molecule has 5 nitrogen and oxygen atoms in total. The maximum Gasteiger partial charge on any atom is 0.224 e. The molecule has 1 saturated heterocycles. The monoisotopic (exact) mass is 320 g/mol. The van der Waals surface area contributed by atoms with Gasteiger partial charge in [-0.3, -0.25) is 14.5 Å². The van der Waals surface area contributed by atoms with Crippen LogP contribution in [0.5, 0.6) is 0 Å². The van der Waals surface area contributed by atoms with Crippen LogP contribution in [0.15, 0.2) is 12.2 Å². The number of ketones is 1.